The molecule has 0 N–H and O–H groups in total. The Bertz CT molecular complexity index is 504. The lowest BCUT2D eigenvalue weighted by molar-refractivity contribution is 0.0941. The lowest BCUT2D eigenvalue weighted by atomic mass is 9.89. The number of Topliss-reactive ketones (excluding diaryl/α,β-unsaturated/α-hetero) is 1. The summed E-state index contributed by atoms with van der Waals surface area (Å²) in [5.41, 5.74) is 3.79. The molecule has 0 amide bonds. The molecule has 1 heterocycles. The zero-order chi connectivity index (χ0) is 14.7. The smallest absolute Gasteiger partial charge is 0.164 e. The molecule has 1 saturated heterocycles. The van der Waals surface area contributed by atoms with Gasteiger partial charge >= 0.3 is 0 Å². The van der Waals surface area contributed by atoms with Gasteiger partial charge in [0.25, 0.3) is 0 Å². The monoisotopic (exact) mass is 286 g/mol. The summed E-state index contributed by atoms with van der Waals surface area (Å²) < 4.78 is 0. The van der Waals surface area contributed by atoms with Crippen LogP contribution in [0.25, 0.3) is 0 Å². The fourth-order valence-corrected chi connectivity index (χ4v) is 3.38. The highest BCUT2D eigenvalue weighted by atomic mass is 16.1. The van der Waals surface area contributed by atoms with Crippen LogP contribution in [-0.4, -0.2) is 55.4 Å². The molecule has 3 rings (SSSR count). The average Bonchev–Trinajstić information content (AvgIpc) is 2.53. The number of benzene rings is 1. The van der Waals surface area contributed by atoms with Crippen LogP contribution in [0.4, 0.5) is 0 Å². The topological polar surface area (TPSA) is 23.6 Å². The van der Waals surface area contributed by atoms with Gasteiger partial charge in [-0.05, 0) is 49.9 Å². The zero-order valence-corrected chi connectivity index (χ0v) is 13.1. The van der Waals surface area contributed by atoms with Gasteiger partial charge in [0.2, 0.25) is 0 Å². The standard InChI is InChI=1S/C18H26N2O/c1-19-10-12-20(13-11-19)9-8-18(21)17-7-6-15-4-2-3-5-16(15)14-17/h6-7,14H,2-5,8-13H2,1H3. The summed E-state index contributed by atoms with van der Waals surface area (Å²) in [4.78, 5) is 17.2. The first-order chi connectivity index (χ1) is 10.2. The molecule has 1 aliphatic carbocycles. The van der Waals surface area contributed by atoms with E-state index in [0.717, 1.165) is 44.7 Å². The number of fused-ring (bicyclic) bond motifs is 1. The van der Waals surface area contributed by atoms with Crippen LogP contribution in [0.3, 0.4) is 0 Å². The summed E-state index contributed by atoms with van der Waals surface area (Å²) in [7, 11) is 2.16. The van der Waals surface area contributed by atoms with E-state index in [2.05, 4.69) is 29.0 Å². The van der Waals surface area contributed by atoms with Crippen molar-refractivity contribution in [3.8, 4) is 0 Å². The minimum atomic E-state index is 0.308. The first-order valence-corrected chi connectivity index (χ1v) is 8.28. The van der Waals surface area contributed by atoms with Crippen molar-refractivity contribution in [1.82, 2.24) is 9.80 Å². The maximum atomic E-state index is 12.4. The lowest BCUT2D eigenvalue weighted by Crippen LogP contribution is -2.45. The van der Waals surface area contributed by atoms with E-state index in [9.17, 15) is 4.79 Å². The molecule has 0 radical (unpaired) electrons. The van der Waals surface area contributed by atoms with Gasteiger partial charge in [-0.1, -0.05) is 12.1 Å². The van der Waals surface area contributed by atoms with E-state index in [1.54, 1.807) is 0 Å². The van der Waals surface area contributed by atoms with E-state index >= 15 is 0 Å². The molecule has 1 aliphatic heterocycles. The fourth-order valence-electron chi connectivity index (χ4n) is 3.38. The van der Waals surface area contributed by atoms with Gasteiger partial charge in [-0.25, -0.2) is 0 Å². The van der Waals surface area contributed by atoms with Gasteiger partial charge in [0, 0.05) is 44.7 Å². The van der Waals surface area contributed by atoms with Crippen molar-refractivity contribution in [2.24, 2.45) is 0 Å². The first-order valence-electron chi connectivity index (χ1n) is 8.28. The first kappa shape index (κ1) is 14.7. The van der Waals surface area contributed by atoms with Crippen molar-refractivity contribution < 1.29 is 4.79 Å². The molecular weight excluding hydrogens is 260 g/mol. The number of rotatable bonds is 4. The van der Waals surface area contributed by atoms with Crippen LogP contribution < -0.4 is 0 Å². The molecule has 0 unspecified atom stereocenters. The maximum Gasteiger partial charge on any atom is 0.164 e. The third-order valence-corrected chi connectivity index (χ3v) is 4.92. The number of ketones is 1. The molecule has 2 aliphatic rings. The maximum absolute atomic E-state index is 12.4. The molecule has 1 aromatic carbocycles. The number of aryl methyl sites for hydroxylation is 2. The number of nitrogens with zero attached hydrogens (tertiary/aromatic N) is 2. The third-order valence-electron chi connectivity index (χ3n) is 4.92. The number of hydrogen-bond donors (Lipinski definition) is 0. The molecule has 0 aromatic heterocycles. The van der Waals surface area contributed by atoms with Crippen molar-refractivity contribution in [1.29, 1.82) is 0 Å². The highest BCUT2D eigenvalue weighted by Crippen LogP contribution is 2.22. The molecular formula is C18H26N2O. The summed E-state index contributed by atoms with van der Waals surface area (Å²) >= 11 is 0. The van der Waals surface area contributed by atoms with Crippen LogP contribution in [0.15, 0.2) is 18.2 Å². The van der Waals surface area contributed by atoms with Gasteiger partial charge in [-0.3, -0.25) is 4.79 Å². The summed E-state index contributed by atoms with van der Waals surface area (Å²) in [5.74, 6) is 0.308. The molecule has 21 heavy (non-hydrogen) atoms. The van der Waals surface area contributed by atoms with Crippen LogP contribution in [0, 0.1) is 0 Å². The van der Waals surface area contributed by atoms with Gasteiger partial charge in [-0.2, -0.15) is 0 Å². The van der Waals surface area contributed by atoms with E-state index < -0.39 is 0 Å². The SMILES string of the molecule is CN1CCN(CCC(=O)c2ccc3c(c2)CCCC3)CC1. The zero-order valence-electron chi connectivity index (χ0n) is 13.1. The quantitative estimate of drug-likeness (QED) is 0.794. The van der Waals surface area contributed by atoms with Crippen molar-refractivity contribution in [3.63, 3.8) is 0 Å². The summed E-state index contributed by atoms with van der Waals surface area (Å²) in [6.45, 7) is 5.33. The van der Waals surface area contributed by atoms with Gasteiger partial charge in [0.05, 0.1) is 0 Å². The van der Waals surface area contributed by atoms with E-state index in [1.807, 2.05) is 6.07 Å². The number of hydrogen-bond acceptors (Lipinski definition) is 3. The minimum Gasteiger partial charge on any atom is -0.304 e. The molecule has 1 fully saturated rings. The molecule has 0 atom stereocenters. The van der Waals surface area contributed by atoms with E-state index in [4.69, 9.17) is 0 Å². The Morgan fingerprint density at radius 2 is 1.76 bits per heavy atom. The van der Waals surface area contributed by atoms with Crippen molar-refractivity contribution in [2.75, 3.05) is 39.8 Å². The largest absolute Gasteiger partial charge is 0.304 e. The summed E-state index contributed by atoms with van der Waals surface area (Å²) in [5, 5.41) is 0. The fraction of sp³-hybridized carbons (Fsp3) is 0.611. The molecule has 0 bridgehead atoms. The Morgan fingerprint density at radius 1 is 1.05 bits per heavy atom. The Morgan fingerprint density at radius 3 is 2.52 bits per heavy atom. The van der Waals surface area contributed by atoms with E-state index in [-0.39, 0.29) is 0 Å². The molecule has 0 spiro atoms. The minimum absolute atomic E-state index is 0.308. The average molecular weight is 286 g/mol. The molecule has 0 saturated carbocycles. The van der Waals surface area contributed by atoms with Crippen LogP contribution >= 0.6 is 0 Å². The predicted octanol–water partition coefficient (Wildman–Crippen LogP) is 2.39. The molecule has 1 aromatic rings. The summed E-state index contributed by atoms with van der Waals surface area (Å²) in [6, 6.07) is 6.37. The number of likely N-dealkylation sites (N-methyl/N-ethyl adjacent to an activating group) is 1. The van der Waals surface area contributed by atoms with E-state index in [1.165, 1.54) is 30.4 Å². The predicted molar refractivity (Wildman–Crippen MR) is 86.0 cm³/mol. The Labute approximate surface area is 127 Å². The second-order valence-electron chi connectivity index (χ2n) is 6.51. The van der Waals surface area contributed by atoms with Crippen molar-refractivity contribution >= 4 is 5.78 Å². The highest BCUT2D eigenvalue weighted by Gasteiger charge is 2.16. The second kappa shape index (κ2) is 6.71. The Hall–Kier alpha value is -1.19. The summed E-state index contributed by atoms with van der Waals surface area (Å²) in [6.07, 6.45) is 5.55. The molecule has 3 nitrogen and oxygen atoms in total. The number of carbonyl (C=O) groups is 1. The number of carbonyl (C=O) groups excluding carboxylic acids is 1. The van der Waals surface area contributed by atoms with Crippen molar-refractivity contribution in [3.05, 3.63) is 34.9 Å². The second-order valence-corrected chi connectivity index (χ2v) is 6.51. The van der Waals surface area contributed by atoms with Gasteiger partial charge in [-0.15, -0.1) is 0 Å². The lowest BCUT2D eigenvalue weighted by Gasteiger charge is -2.32. The molecule has 3 heteroatoms. The van der Waals surface area contributed by atoms with Crippen LogP contribution in [0.2, 0.25) is 0 Å². The van der Waals surface area contributed by atoms with Crippen LogP contribution in [-0.2, 0) is 12.8 Å². The third kappa shape index (κ3) is 3.72. The molecule has 114 valence electrons. The van der Waals surface area contributed by atoms with Crippen molar-refractivity contribution in [2.45, 2.75) is 32.1 Å². The van der Waals surface area contributed by atoms with Gasteiger partial charge in [0.1, 0.15) is 0 Å². The van der Waals surface area contributed by atoms with Crippen LogP contribution in [0.1, 0.15) is 40.7 Å². The Kier molecular flexibility index (Phi) is 4.71. The van der Waals surface area contributed by atoms with Crippen LogP contribution in [0.5, 0.6) is 0 Å². The number of piperazine rings is 1. The van der Waals surface area contributed by atoms with Gasteiger partial charge in [0.15, 0.2) is 5.78 Å². The van der Waals surface area contributed by atoms with E-state index in [0.29, 0.717) is 12.2 Å². The van der Waals surface area contributed by atoms with Gasteiger partial charge < -0.3 is 9.80 Å². The highest BCUT2D eigenvalue weighted by molar-refractivity contribution is 5.96. The normalized spacial score (nSPS) is 20.2. The Balaban J connectivity index is 1.55.